The summed E-state index contributed by atoms with van der Waals surface area (Å²) in [6.07, 6.45) is 16.5. The van der Waals surface area contributed by atoms with Crippen LogP contribution in [0.4, 0.5) is 0 Å². The Morgan fingerprint density at radius 1 is 1.17 bits per heavy atom. The van der Waals surface area contributed by atoms with Crippen LogP contribution in [0.25, 0.3) is 5.70 Å². The molecule has 1 aromatic rings. The molecule has 4 aliphatic heterocycles. The van der Waals surface area contributed by atoms with E-state index in [9.17, 15) is 5.11 Å². The van der Waals surface area contributed by atoms with Gasteiger partial charge in [-0.3, -0.25) is 4.99 Å². The second-order valence-electron chi connectivity index (χ2n) is 10.8. The van der Waals surface area contributed by atoms with Crippen LogP contribution < -0.4 is 11.1 Å². The molecule has 6 aliphatic rings. The minimum Gasteiger partial charge on any atom is -0.389 e. The third kappa shape index (κ3) is 3.65. The molecule has 4 heterocycles. The van der Waals surface area contributed by atoms with Gasteiger partial charge in [0, 0.05) is 42.1 Å². The molecule has 2 atom stereocenters. The van der Waals surface area contributed by atoms with Crippen LogP contribution in [0.5, 0.6) is 0 Å². The second kappa shape index (κ2) is 8.32. The maximum Gasteiger partial charge on any atom is 0.149 e. The number of allylic oxidation sites excluding steroid dienone is 4. The van der Waals surface area contributed by atoms with Crippen LogP contribution in [0.1, 0.15) is 31.2 Å². The lowest BCUT2D eigenvalue weighted by Gasteiger charge is -2.51. The Kier molecular flexibility index (Phi) is 5.04. The van der Waals surface area contributed by atoms with E-state index in [0.29, 0.717) is 17.7 Å². The average molecular weight is 481 g/mol. The van der Waals surface area contributed by atoms with Crippen molar-refractivity contribution in [3.63, 3.8) is 0 Å². The molecule has 7 rings (SSSR count). The van der Waals surface area contributed by atoms with Crippen molar-refractivity contribution in [3.05, 3.63) is 89.6 Å². The molecule has 1 saturated carbocycles. The molecule has 7 nitrogen and oxygen atoms in total. The van der Waals surface area contributed by atoms with Gasteiger partial charge in [-0.25, -0.2) is 4.99 Å². The van der Waals surface area contributed by atoms with Gasteiger partial charge in [0.1, 0.15) is 17.7 Å². The first-order valence-electron chi connectivity index (χ1n) is 13.0. The van der Waals surface area contributed by atoms with Crippen molar-refractivity contribution in [1.29, 1.82) is 0 Å². The van der Waals surface area contributed by atoms with Crippen molar-refractivity contribution < 1.29 is 5.11 Å². The molecule has 4 N–H and O–H groups in total. The van der Waals surface area contributed by atoms with Crippen LogP contribution in [0, 0.1) is 11.8 Å². The predicted molar refractivity (Wildman–Crippen MR) is 142 cm³/mol. The van der Waals surface area contributed by atoms with Gasteiger partial charge in [-0.2, -0.15) is 0 Å². The molecular weight excluding hydrogens is 448 g/mol. The van der Waals surface area contributed by atoms with Gasteiger partial charge in [-0.05, 0) is 50.4 Å². The van der Waals surface area contributed by atoms with Crippen LogP contribution in [-0.2, 0) is 0 Å². The number of rotatable bonds is 5. The Balaban J connectivity index is 1.15. The average Bonchev–Trinajstić information content (AvgIpc) is 3.25. The van der Waals surface area contributed by atoms with Crippen LogP contribution in [0.3, 0.4) is 0 Å². The molecule has 2 aliphatic carbocycles. The standard InChI is InChI=1S/C29H32N6O/c30-27-26-25(21-8-7-20-9-10-23(32-24(20)15-21)19-5-2-1-3-6-19)33-28(35(26)14-11-31-27)22-16-29(36,17-22)18-34-12-4-13-34/h1-3,5-8,10-11,14-15,20,22,28,33,36H,4,9,12-13,16-18H2,(H2,30,31)/t20?,22-,28?,29-. The largest absolute Gasteiger partial charge is 0.389 e. The summed E-state index contributed by atoms with van der Waals surface area (Å²) in [4.78, 5) is 14.0. The van der Waals surface area contributed by atoms with E-state index >= 15 is 0 Å². The van der Waals surface area contributed by atoms with Gasteiger partial charge < -0.3 is 26.0 Å². The summed E-state index contributed by atoms with van der Waals surface area (Å²) in [5.41, 5.74) is 12.1. The highest BCUT2D eigenvalue weighted by Gasteiger charge is 2.51. The maximum atomic E-state index is 11.1. The van der Waals surface area contributed by atoms with E-state index in [1.807, 2.05) is 12.3 Å². The molecule has 0 amide bonds. The summed E-state index contributed by atoms with van der Waals surface area (Å²) >= 11 is 0. The molecule has 7 heteroatoms. The zero-order chi connectivity index (χ0) is 24.3. The zero-order valence-electron chi connectivity index (χ0n) is 20.3. The topological polar surface area (TPSA) is 89.5 Å². The maximum absolute atomic E-state index is 11.1. The van der Waals surface area contributed by atoms with E-state index in [-0.39, 0.29) is 6.17 Å². The fourth-order valence-electron chi connectivity index (χ4n) is 6.34. The minimum atomic E-state index is -0.580. The molecule has 0 aromatic heterocycles. The Morgan fingerprint density at radius 2 is 2.00 bits per heavy atom. The van der Waals surface area contributed by atoms with Gasteiger partial charge in [0.15, 0.2) is 0 Å². The normalized spacial score (nSPS) is 32.9. The van der Waals surface area contributed by atoms with Gasteiger partial charge in [0.2, 0.25) is 0 Å². The van der Waals surface area contributed by atoms with Crippen molar-refractivity contribution in [1.82, 2.24) is 15.1 Å². The molecule has 1 aromatic carbocycles. The fourth-order valence-corrected chi connectivity index (χ4v) is 6.34. The number of hydrogen-bond donors (Lipinski definition) is 3. The number of likely N-dealkylation sites (tertiary alicyclic amines) is 1. The first kappa shape index (κ1) is 21.8. The molecule has 0 radical (unpaired) electrons. The summed E-state index contributed by atoms with van der Waals surface area (Å²) in [7, 11) is 0. The van der Waals surface area contributed by atoms with Gasteiger partial charge >= 0.3 is 0 Å². The van der Waals surface area contributed by atoms with E-state index in [0.717, 1.165) is 72.8 Å². The molecule has 0 spiro atoms. The third-order valence-corrected chi connectivity index (χ3v) is 8.33. The van der Waals surface area contributed by atoms with Gasteiger partial charge in [-0.15, -0.1) is 0 Å². The summed E-state index contributed by atoms with van der Waals surface area (Å²) in [5.74, 6) is 1.14. The quantitative estimate of drug-likeness (QED) is 0.603. The van der Waals surface area contributed by atoms with E-state index in [4.69, 9.17) is 10.7 Å². The zero-order valence-corrected chi connectivity index (χ0v) is 20.3. The molecule has 2 fully saturated rings. The minimum absolute atomic E-state index is 0.0528. The highest BCUT2D eigenvalue weighted by molar-refractivity contribution is 6.06. The summed E-state index contributed by atoms with van der Waals surface area (Å²) in [6, 6.07) is 10.4. The number of benzene rings is 1. The van der Waals surface area contributed by atoms with Crippen molar-refractivity contribution in [2.45, 2.75) is 37.5 Å². The lowest BCUT2D eigenvalue weighted by molar-refractivity contribution is -0.117. The fraction of sp³-hybridized carbons (Fsp3) is 0.379. The van der Waals surface area contributed by atoms with Gasteiger partial charge in [0.05, 0.1) is 17.0 Å². The van der Waals surface area contributed by atoms with E-state index in [1.54, 1.807) is 6.20 Å². The van der Waals surface area contributed by atoms with Crippen LogP contribution in [-0.4, -0.2) is 57.9 Å². The molecule has 184 valence electrons. The number of aliphatic hydroxyl groups is 1. The van der Waals surface area contributed by atoms with Crippen molar-refractivity contribution in [2.75, 3.05) is 19.6 Å². The number of nitrogens with zero attached hydrogens (tertiary/aromatic N) is 4. The molecule has 36 heavy (non-hydrogen) atoms. The Hall–Kier alpha value is -3.42. The number of nitrogens with two attached hydrogens (primary N) is 1. The monoisotopic (exact) mass is 480 g/mol. The third-order valence-electron chi connectivity index (χ3n) is 8.33. The van der Waals surface area contributed by atoms with Crippen LogP contribution >= 0.6 is 0 Å². The van der Waals surface area contributed by atoms with E-state index < -0.39 is 5.60 Å². The number of fused-ring (bicyclic) bond motifs is 2. The summed E-state index contributed by atoms with van der Waals surface area (Å²) in [5, 5.41) is 14.8. The first-order valence-corrected chi connectivity index (χ1v) is 13.0. The molecule has 1 saturated heterocycles. The molecule has 2 unspecified atom stereocenters. The number of amidine groups is 1. The molecular formula is C29H32N6O. The Bertz CT molecular complexity index is 1290. The highest BCUT2D eigenvalue weighted by atomic mass is 16.3. The van der Waals surface area contributed by atoms with Gasteiger partial charge in [0.25, 0.3) is 0 Å². The van der Waals surface area contributed by atoms with E-state index in [2.05, 4.69) is 68.7 Å². The van der Waals surface area contributed by atoms with Crippen molar-refractivity contribution in [2.24, 2.45) is 27.6 Å². The first-order chi connectivity index (χ1) is 17.6. The Labute approximate surface area is 211 Å². The smallest absolute Gasteiger partial charge is 0.149 e. The summed E-state index contributed by atoms with van der Waals surface area (Å²) < 4.78 is 0. The number of hydrogen-bond acceptors (Lipinski definition) is 7. The number of nitrogens with one attached hydrogen (secondary N) is 1. The lowest BCUT2D eigenvalue weighted by atomic mass is 9.68. The van der Waals surface area contributed by atoms with Gasteiger partial charge in [-0.1, -0.05) is 48.6 Å². The predicted octanol–water partition coefficient (Wildman–Crippen LogP) is 3.12. The lowest BCUT2D eigenvalue weighted by Crippen LogP contribution is -2.60. The number of aliphatic imine (C=N–C) groups is 2. The SMILES string of the molecule is NC1=NC=CN2C1=C(C1=CC3=NC(c4ccccc4)=CCC3C=C1)NC2[C@H]1C[C@@](O)(CN2CCC2)C1. The highest BCUT2D eigenvalue weighted by Crippen LogP contribution is 2.45. The van der Waals surface area contributed by atoms with Crippen molar-refractivity contribution >= 4 is 17.2 Å². The van der Waals surface area contributed by atoms with E-state index in [1.165, 1.54) is 6.42 Å². The van der Waals surface area contributed by atoms with Crippen LogP contribution in [0.15, 0.2) is 94.0 Å². The summed E-state index contributed by atoms with van der Waals surface area (Å²) in [6.45, 7) is 3.01. The molecule has 0 bridgehead atoms. The number of β-amino-alcohol motifs (C(OH)–C–C–N with tert-alkyl or cyclic N) is 1. The Morgan fingerprint density at radius 3 is 2.78 bits per heavy atom. The van der Waals surface area contributed by atoms with Crippen LogP contribution in [0.2, 0.25) is 0 Å². The van der Waals surface area contributed by atoms with Crippen molar-refractivity contribution in [3.8, 4) is 0 Å². The second-order valence-corrected chi connectivity index (χ2v) is 10.8.